The lowest BCUT2D eigenvalue weighted by atomic mass is 10.1. The molecular weight excluding hydrogens is 547 g/mol. The molecule has 40 heavy (non-hydrogen) atoms. The maximum Gasteiger partial charge on any atom is 0.324 e. The summed E-state index contributed by atoms with van der Waals surface area (Å²) in [5.74, 6) is -4.30. The summed E-state index contributed by atoms with van der Waals surface area (Å²) in [5.41, 5.74) is 0.518. The van der Waals surface area contributed by atoms with Crippen LogP contribution in [0.25, 0.3) is 21.6 Å². The van der Waals surface area contributed by atoms with Crippen LogP contribution in [-0.2, 0) is 10.7 Å². The quantitative estimate of drug-likeness (QED) is 0.244. The van der Waals surface area contributed by atoms with Crippen LogP contribution >= 0.6 is 11.3 Å². The molecule has 4 heterocycles. The van der Waals surface area contributed by atoms with Crippen molar-refractivity contribution in [3.8, 4) is 10.6 Å². The smallest absolute Gasteiger partial charge is 0.324 e. The number of H-pyrrole nitrogens is 1. The van der Waals surface area contributed by atoms with Crippen LogP contribution in [0.3, 0.4) is 0 Å². The maximum absolute atomic E-state index is 14.1. The van der Waals surface area contributed by atoms with Crippen LogP contribution < -0.4 is 16.0 Å². The molecule has 0 saturated carbocycles. The summed E-state index contributed by atoms with van der Waals surface area (Å²) in [5, 5.41) is 15.6. The van der Waals surface area contributed by atoms with Crippen molar-refractivity contribution < 1.29 is 27.5 Å². The Bertz CT molecular complexity index is 1530. The zero-order chi connectivity index (χ0) is 28.3. The number of halogens is 3. The van der Waals surface area contributed by atoms with Gasteiger partial charge in [0.25, 0.3) is 11.8 Å². The molecule has 210 valence electrons. The van der Waals surface area contributed by atoms with Gasteiger partial charge in [-0.1, -0.05) is 6.07 Å². The molecule has 3 aromatic heterocycles. The Labute approximate surface area is 230 Å². The van der Waals surface area contributed by atoms with E-state index in [-0.39, 0.29) is 11.6 Å². The molecule has 1 aliphatic rings. The second kappa shape index (κ2) is 11.6. The maximum atomic E-state index is 14.1. The van der Waals surface area contributed by atoms with Gasteiger partial charge in [0, 0.05) is 38.7 Å². The summed E-state index contributed by atoms with van der Waals surface area (Å²) in [6, 6.07) is 6.92. The minimum absolute atomic E-state index is 0.264. The summed E-state index contributed by atoms with van der Waals surface area (Å²) in [6.07, 6.45) is 1.54. The predicted molar refractivity (Wildman–Crippen MR) is 145 cm³/mol. The van der Waals surface area contributed by atoms with E-state index in [1.54, 1.807) is 18.2 Å². The van der Waals surface area contributed by atoms with E-state index in [9.17, 15) is 22.8 Å². The number of anilines is 2. The molecule has 10 nitrogen and oxygen atoms in total. The number of carbonyl (C=O) groups is 2. The molecule has 5 rings (SSSR count). The van der Waals surface area contributed by atoms with E-state index in [0.717, 1.165) is 31.3 Å². The average Bonchev–Trinajstić information content (AvgIpc) is 3.59. The number of carbonyl (C=O) groups excluding carboxylic acids is 2. The van der Waals surface area contributed by atoms with Gasteiger partial charge in [0.2, 0.25) is 0 Å². The third-order valence-corrected chi connectivity index (χ3v) is 7.32. The number of fused-ring (bicyclic) bond motifs is 1. The topological polar surface area (TPSA) is 124 Å². The minimum atomic E-state index is -3.19. The van der Waals surface area contributed by atoms with E-state index in [1.807, 2.05) is 0 Å². The average molecular weight is 574 g/mol. The van der Waals surface area contributed by atoms with E-state index in [1.165, 1.54) is 17.5 Å². The lowest BCUT2D eigenvalue weighted by molar-refractivity contribution is 0.0174. The van der Waals surface area contributed by atoms with E-state index in [4.69, 9.17) is 4.74 Å². The first-order valence-electron chi connectivity index (χ1n) is 12.5. The van der Waals surface area contributed by atoms with Gasteiger partial charge in [-0.2, -0.15) is 5.10 Å². The van der Waals surface area contributed by atoms with Crippen LogP contribution in [0.15, 0.2) is 42.6 Å². The molecule has 1 saturated heterocycles. The second-order valence-corrected chi connectivity index (χ2v) is 10.3. The lowest BCUT2D eigenvalue weighted by Gasteiger charge is -2.26. The number of pyridine rings is 1. The van der Waals surface area contributed by atoms with Crippen LogP contribution in [0, 0.1) is 5.82 Å². The first-order chi connectivity index (χ1) is 19.2. The number of aromatic nitrogens is 3. The van der Waals surface area contributed by atoms with Gasteiger partial charge in [-0.3, -0.25) is 20.1 Å². The number of benzene rings is 1. The summed E-state index contributed by atoms with van der Waals surface area (Å²) in [6.45, 7) is 4.87. The number of nitrogens with zero attached hydrogens (tertiary/aromatic N) is 3. The number of aromatic amines is 1. The van der Waals surface area contributed by atoms with E-state index >= 15 is 0 Å². The van der Waals surface area contributed by atoms with Crippen molar-refractivity contribution in [3.63, 3.8) is 0 Å². The Hall–Kier alpha value is -4.01. The number of hydrogen-bond donors (Lipinski definition) is 4. The normalized spacial score (nSPS) is 14.3. The summed E-state index contributed by atoms with van der Waals surface area (Å²) in [7, 11) is 0. The van der Waals surface area contributed by atoms with Gasteiger partial charge in [-0.05, 0) is 30.3 Å². The fraction of sp³-hybridized carbons (Fsp3) is 0.308. The Morgan fingerprint density at radius 2 is 1.95 bits per heavy atom. The Morgan fingerprint density at radius 3 is 2.73 bits per heavy atom. The molecule has 4 N–H and O–H groups in total. The highest BCUT2D eigenvalue weighted by Gasteiger charge is 2.25. The molecule has 1 fully saturated rings. The number of rotatable bonds is 8. The largest absolute Gasteiger partial charge is 0.379 e. The van der Waals surface area contributed by atoms with Crippen molar-refractivity contribution in [3.05, 3.63) is 59.5 Å². The van der Waals surface area contributed by atoms with Crippen molar-refractivity contribution >= 4 is 45.0 Å². The third-order valence-electron chi connectivity index (χ3n) is 6.30. The number of hydrogen-bond acceptors (Lipinski definition) is 7. The summed E-state index contributed by atoms with van der Waals surface area (Å²) < 4.78 is 46.7. The highest BCUT2D eigenvalue weighted by atomic mass is 32.1. The fourth-order valence-electron chi connectivity index (χ4n) is 4.19. The van der Waals surface area contributed by atoms with Crippen LogP contribution in [0.5, 0.6) is 0 Å². The number of nitrogens with one attached hydrogen (secondary N) is 4. The molecule has 0 radical (unpaired) electrons. The summed E-state index contributed by atoms with van der Waals surface area (Å²) >= 11 is 1.17. The molecule has 0 unspecified atom stereocenters. The fourth-order valence-corrected chi connectivity index (χ4v) is 5.05. The molecule has 4 aromatic rings. The Morgan fingerprint density at radius 1 is 1.15 bits per heavy atom. The van der Waals surface area contributed by atoms with Crippen molar-refractivity contribution in [2.45, 2.75) is 12.8 Å². The SMILES string of the molecule is CC(F)(F)c1ccc(F)c(NC(=O)Nc2ccc(-c3cc(C(=O)NCCN4CCOCC4)c4cn[nH]c4n3)s2)c1. The number of alkyl halides is 2. The molecule has 14 heteroatoms. The van der Waals surface area contributed by atoms with Crippen LogP contribution in [0.1, 0.15) is 22.8 Å². The van der Waals surface area contributed by atoms with Gasteiger partial charge in [-0.25, -0.2) is 22.9 Å². The lowest BCUT2D eigenvalue weighted by Crippen LogP contribution is -2.41. The van der Waals surface area contributed by atoms with Crippen molar-refractivity contribution in [1.82, 2.24) is 25.4 Å². The molecular formula is C26H26F3N7O3S. The van der Waals surface area contributed by atoms with E-state index < -0.39 is 23.3 Å². The van der Waals surface area contributed by atoms with Crippen LogP contribution in [0.2, 0.25) is 0 Å². The van der Waals surface area contributed by atoms with Crippen LogP contribution in [-0.4, -0.2) is 71.4 Å². The highest BCUT2D eigenvalue weighted by molar-refractivity contribution is 7.19. The second-order valence-electron chi connectivity index (χ2n) is 9.22. The van der Waals surface area contributed by atoms with Crippen molar-refractivity contribution in [2.75, 3.05) is 50.0 Å². The predicted octanol–water partition coefficient (Wildman–Crippen LogP) is 4.64. The standard InChI is InChI=1S/C26H26F3N7O3S/c1-26(28,29)15-2-3-18(27)19(12-15)33-25(38)34-22-5-4-21(40-22)20-13-16(17-14-31-35-23(17)32-20)24(37)30-6-7-36-8-10-39-11-9-36/h2-5,12-14H,6-11H2,1H3,(H,30,37)(H,31,32,35)(H2,33,34,38). The molecule has 0 atom stereocenters. The monoisotopic (exact) mass is 573 g/mol. The first-order valence-corrected chi connectivity index (χ1v) is 13.3. The number of amides is 3. The molecule has 0 bridgehead atoms. The molecule has 0 aliphatic carbocycles. The van der Waals surface area contributed by atoms with Crippen molar-refractivity contribution in [2.24, 2.45) is 0 Å². The van der Waals surface area contributed by atoms with E-state index in [2.05, 4.69) is 36.0 Å². The summed E-state index contributed by atoms with van der Waals surface area (Å²) in [4.78, 5) is 32.9. The molecule has 3 amide bonds. The van der Waals surface area contributed by atoms with Gasteiger partial charge in [0.05, 0.1) is 51.6 Å². The van der Waals surface area contributed by atoms with Gasteiger partial charge in [-0.15, -0.1) is 11.3 Å². The van der Waals surface area contributed by atoms with Crippen LogP contribution in [0.4, 0.5) is 28.7 Å². The number of morpholine rings is 1. The highest BCUT2D eigenvalue weighted by Crippen LogP contribution is 2.33. The first kappa shape index (κ1) is 27.6. The van der Waals surface area contributed by atoms with Gasteiger partial charge in [0.1, 0.15) is 5.82 Å². The number of urea groups is 1. The van der Waals surface area contributed by atoms with Crippen molar-refractivity contribution in [1.29, 1.82) is 0 Å². The van der Waals surface area contributed by atoms with Gasteiger partial charge >= 0.3 is 6.03 Å². The Kier molecular flexibility index (Phi) is 8.00. The molecule has 0 spiro atoms. The minimum Gasteiger partial charge on any atom is -0.379 e. The third kappa shape index (κ3) is 6.41. The zero-order valence-corrected chi connectivity index (χ0v) is 22.2. The molecule has 1 aromatic carbocycles. The van der Waals surface area contributed by atoms with E-state index in [0.29, 0.717) is 65.4 Å². The van der Waals surface area contributed by atoms with Gasteiger partial charge in [0.15, 0.2) is 5.65 Å². The number of ether oxygens (including phenoxy) is 1. The Balaban J connectivity index is 1.27. The zero-order valence-electron chi connectivity index (χ0n) is 21.4. The number of thiophene rings is 1. The molecule has 1 aliphatic heterocycles. The van der Waals surface area contributed by atoms with Gasteiger partial charge < -0.3 is 15.4 Å².